The van der Waals surface area contributed by atoms with Crippen LogP contribution in [0.4, 0.5) is 5.69 Å². The van der Waals surface area contributed by atoms with Crippen molar-refractivity contribution in [3.05, 3.63) is 52.5 Å². The van der Waals surface area contributed by atoms with Crippen molar-refractivity contribution in [2.45, 2.75) is 40.2 Å². The highest BCUT2D eigenvalue weighted by molar-refractivity contribution is 7.88. The lowest BCUT2D eigenvalue weighted by atomic mass is 9.76. The topological polar surface area (TPSA) is 105 Å². The molecule has 0 unspecified atom stereocenters. The number of nitrogens with one attached hydrogen (secondary N) is 2. The molecule has 0 radical (unpaired) electrons. The van der Waals surface area contributed by atoms with Crippen molar-refractivity contribution in [1.82, 2.24) is 4.72 Å². The standard InChI is InChI=1S/C20H24N2O5S/c1-12-17-15(23)9-20(2,3)10-16(17)27-18(12)19(24)22-14-7-5-13(6-8-14)11-21-28(4,25)26/h5-8,21H,9-11H2,1-4H3,(H,22,24). The van der Waals surface area contributed by atoms with Gasteiger partial charge in [-0.3, -0.25) is 9.59 Å². The molecule has 1 aliphatic rings. The van der Waals surface area contributed by atoms with Gasteiger partial charge in [-0.1, -0.05) is 26.0 Å². The summed E-state index contributed by atoms with van der Waals surface area (Å²) in [6.45, 7) is 5.92. The molecule has 1 aromatic heterocycles. The van der Waals surface area contributed by atoms with Crippen LogP contribution in [-0.2, 0) is 23.0 Å². The lowest BCUT2D eigenvalue weighted by Crippen LogP contribution is -2.26. The van der Waals surface area contributed by atoms with Gasteiger partial charge in [0.05, 0.1) is 11.8 Å². The molecule has 0 aliphatic heterocycles. The number of carbonyl (C=O) groups excluding carboxylic acids is 2. The fourth-order valence-electron chi connectivity index (χ4n) is 3.41. The Kier molecular flexibility index (Phi) is 5.20. The van der Waals surface area contributed by atoms with E-state index in [1.165, 1.54) is 0 Å². The van der Waals surface area contributed by atoms with Crippen LogP contribution >= 0.6 is 0 Å². The fourth-order valence-corrected chi connectivity index (χ4v) is 3.84. The molecule has 0 bridgehead atoms. The fraction of sp³-hybridized carbons (Fsp3) is 0.400. The van der Waals surface area contributed by atoms with Crippen molar-refractivity contribution in [1.29, 1.82) is 0 Å². The zero-order valence-electron chi connectivity index (χ0n) is 16.4. The van der Waals surface area contributed by atoms with E-state index < -0.39 is 15.9 Å². The molecule has 0 atom stereocenters. The summed E-state index contributed by atoms with van der Waals surface area (Å²) >= 11 is 0. The summed E-state index contributed by atoms with van der Waals surface area (Å²) < 4.78 is 30.5. The third-order valence-corrected chi connectivity index (χ3v) is 5.40. The lowest BCUT2D eigenvalue weighted by Gasteiger charge is -2.27. The molecule has 150 valence electrons. The summed E-state index contributed by atoms with van der Waals surface area (Å²) in [5, 5.41) is 2.76. The minimum Gasteiger partial charge on any atom is -0.455 e. The van der Waals surface area contributed by atoms with Crippen LogP contribution in [0.15, 0.2) is 28.7 Å². The predicted octanol–water partition coefficient (Wildman–Crippen LogP) is 3.04. The molecule has 7 nitrogen and oxygen atoms in total. The normalized spacial score (nSPS) is 15.9. The third-order valence-electron chi connectivity index (χ3n) is 4.73. The van der Waals surface area contributed by atoms with Gasteiger partial charge >= 0.3 is 0 Å². The van der Waals surface area contributed by atoms with Gasteiger partial charge in [0, 0.05) is 30.6 Å². The molecule has 0 fully saturated rings. The van der Waals surface area contributed by atoms with Gasteiger partial charge in [0.1, 0.15) is 5.76 Å². The second-order valence-electron chi connectivity index (χ2n) is 8.04. The number of hydrogen-bond donors (Lipinski definition) is 2. The van der Waals surface area contributed by atoms with Crippen molar-refractivity contribution in [2.24, 2.45) is 5.41 Å². The Bertz CT molecular complexity index is 1030. The molecular formula is C20H24N2O5S. The number of rotatable bonds is 5. The average molecular weight is 404 g/mol. The summed E-state index contributed by atoms with van der Waals surface area (Å²) in [7, 11) is -3.27. The van der Waals surface area contributed by atoms with E-state index in [1.807, 2.05) is 13.8 Å². The number of carbonyl (C=O) groups is 2. The van der Waals surface area contributed by atoms with Gasteiger partial charge in [0.25, 0.3) is 5.91 Å². The summed E-state index contributed by atoms with van der Waals surface area (Å²) in [4.78, 5) is 25.1. The monoisotopic (exact) mass is 404 g/mol. The molecule has 1 aromatic carbocycles. The first kappa shape index (κ1) is 20.3. The van der Waals surface area contributed by atoms with Gasteiger partial charge in [0.2, 0.25) is 10.0 Å². The average Bonchev–Trinajstić information content (AvgIpc) is 2.89. The molecule has 8 heteroatoms. The van der Waals surface area contributed by atoms with Crippen LogP contribution in [0, 0.1) is 12.3 Å². The Morgan fingerprint density at radius 2 is 1.82 bits per heavy atom. The maximum atomic E-state index is 12.7. The van der Waals surface area contributed by atoms with Gasteiger partial charge < -0.3 is 9.73 Å². The Morgan fingerprint density at radius 3 is 2.43 bits per heavy atom. The van der Waals surface area contributed by atoms with Gasteiger partial charge in [-0.2, -0.15) is 0 Å². The second kappa shape index (κ2) is 7.18. The largest absolute Gasteiger partial charge is 0.455 e. The van der Waals surface area contributed by atoms with Crippen LogP contribution < -0.4 is 10.0 Å². The van der Waals surface area contributed by atoms with E-state index in [0.29, 0.717) is 35.4 Å². The maximum Gasteiger partial charge on any atom is 0.291 e. The van der Waals surface area contributed by atoms with Crippen LogP contribution in [0.5, 0.6) is 0 Å². The number of benzene rings is 1. The number of furan rings is 1. The minimum absolute atomic E-state index is 0.00859. The Hall–Kier alpha value is -2.45. The smallest absolute Gasteiger partial charge is 0.291 e. The molecule has 0 spiro atoms. The van der Waals surface area contributed by atoms with Gasteiger partial charge in [-0.15, -0.1) is 0 Å². The number of ketones is 1. The molecular weight excluding hydrogens is 380 g/mol. The first-order valence-corrected chi connectivity index (χ1v) is 10.8. The van der Waals surface area contributed by atoms with Crippen molar-refractivity contribution in [2.75, 3.05) is 11.6 Å². The van der Waals surface area contributed by atoms with Crippen LogP contribution in [0.1, 0.15) is 58.1 Å². The number of hydrogen-bond acceptors (Lipinski definition) is 5. The molecule has 3 rings (SSSR count). The highest BCUT2D eigenvalue weighted by Crippen LogP contribution is 2.38. The number of sulfonamides is 1. The zero-order valence-corrected chi connectivity index (χ0v) is 17.2. The summed E-state index contributed by atoms with van der Waals surface area (Å²) in [5.74, 6) is 0.318. The molecule has 1 aliphatic carbocycles. The highest BCUT2D eigenvalue weighted by atomic mass is 32.2. The van der Waals surface area contributed by atoms with Gasteiger partial charge in [0.15, 0.2) is 11.5 Å². The number of fused-ring (bicyclic) bond motifs is 1. The number of amides is 1. The summed E-state index contributed by atoms with van der Waals surface area (Å²) in [6, 6.07) is 6.81. The Labute approximate surface area is 164 Å². The number of anilines is 1. The molecule has 2 N–H and O–H groups in total. The second-order valence-corrected chi connectivity index (χ2v) is 9.87. The molecule has 28 heavy (non-hydrogen) atoms. The van der Waals surface area contributed by atoms with Gasteiger partial charge in [-0.05, 0) is 30.0 Å². The van der Waals surface area contributed by atoms with Crippen molar-refractivity contribution in [3.8, 4) is 0 Å². The molecule has 0 saturated carbocycles. The number of Topliss-reactive ketones (excluding diaryl/α,β-unsaturated/α-hetero) is 1. The van der Waals surface area contributed by atoms with E-state index in [2.05, 4.69) is 10.0 Å². The van der Waals surface area contributed by atoms with Gasteiger partial charge in [-0.25, -0.2) is 13.1 Å². The third kappa shape index (κ3) is 4.51. The van der Waals surface area contributed by atoms with Crippen molar-refractivity contribution < 1.29 is 22.4 Å². The Morgan fingerprint density at radius 1 is 1.18 bits per heavy atom. The molecule has 2 aromatic rings. The van der Waals surface area contributed by atoms with E-state index in [-0.39, 0.29) is 23.5 Å². The lowest BCUT2D eigenvalue weighted by molar-refractivity contribution is 0.0898. The molecule has 1 heterocycles. The van der Waals surface area contributed by atoms with Crippen LogP contribution in [0.3, 0.4) is 0 Å². The van der Waals surface area contributed by atoms with E-state index in [1.54, 1.807) is 31.2 Å². The summed E-state index contributed by atoms with van der Waals surface area (Å²) in [5.41, 5.74) is 2.24. The van der Waals surface area contributed by atoms with E-state index in [9.17, 15) is 18.0 Å². The first-order chi connectivity index (χ1) is 13.0. The quantitative estimate of drug-likeness (QED) is 0.797. The van der Waals surface area contributed by atoms with Crippen LogP contribution in [-0.4, -0.2) is 26.4 Å². The molecule has 1 amide bonds. The molecule has 0 saturated heterocycles. The Balaban J connectivity index is 1.75. The van der Waals surface area contributed by atoms with Crippen molar-refractivity contribution >= 4 is 27.4 Å². The van der Waals surface area contributed by atoms with E-state index in [4.69, 9.17) is 4.42 Å². The predicted molar refractivity (Wildman–Crippen MR) is 106 cm³/mol. The van der Waals surface area contributed by atoms with Crippen LogP contribution in [0.2, 0.25) is 0 Å². The zero-order chi connectivity index (χ0) is 20.7. The SMILES string of the molecule is Cc1c(C(=O)Nc2ccc(CNS(C)(=O)=O)cc2)oc2c1C(=O)CC(C)(C)C2. The summed E-state index contributed by atoms with van der Waals surface area (Å²) in [6.07, 6.45) is 2.15. The van der Waals surface area contributed by atoms with Crippen LogP contribution in [0.25, 0.3) is 0 Å². The highest BCUT2D eigenvalue weighted by Gasteiger charge is 2.37. The first-order valence-electron chi connectivity index (χ1n) is 8.95. The maximum absolute atomic E-state index is 12.7. The minimum atomic E-state index is -3.27. The van der Waals surface area contributed by atoms with E-state index in [0.717, 1.165) is 11.8 Å². The van der Waals surface area contributed by atoms with Crippen molar-refractivity contribution in [3.63, 3.8) is 0 Å². The van der Waals surface area contributed by atoms with E-state index >= 15 is 0 Å².